The van der Waals surface area contributed by atoms with Gasteiger partial charge in [0.25, 0.3) is 0 Å². The number of nitrogens with zero attached hydrogens (tertiary/aromatic N) is 2. The molecule has 0 aliphatic heterocycles. The molecule has 0 N–H and O–H groups in total. The van der Waals surface area contributed by atoms with Crippen LogP contribution in [0.1, 0.15) is 0 Å². The highest BCUT2D eigenvalue weighted by Gasteiger charge is 2.20. The molecule has 0 atom stereocenters. The van der Waals surface area contributed by atoms with Crippen molar-refractivity contribution in [3.8, 4) is 66.8 Å². The molecule has 0 aliphatic carbocycles. The molecule has 11 rings (SSSR count). The summed E-state index contributed by atoms with van der Waals surface area (Å²) in [5, 5.41) is 0. The van der Waals surface area contributed by atoms with Crippen LogP contribution in [0, 0.1) is 0 Å². The van der Waals surface area contributed by atoms with Crippen LogP contribution in [-0.4, -0.2) is 0 Å². The number of hydrogen-bond donors (Lipinski definition) is 0. The van der Waals surface area contributed by atoms with E-state index in [1.807, 2.05) is 0 Å². The zero-order valence-corrected chi connectivity index (χ0v) is 37.6. The van der Waals surface area contributed by atoms with Crippen LogP contribution < -0.4 is 9.80 Å². The summed E-state index contributed by atoms with van der Waals surface area (Å²) < 4.78 is 0. The van der Waals surface area contributed by atoms with E-state index in [1.54, 1.807) is 0 Å². The Hall–Kier alpha value is -8.98. The number of rotatable bonds is 12. The highest BCUT2D eigenvalue weighted by molar-refractivity contribution is 5.91. The van der Waals surface area contributed by atoms with E-state index in [1.165, 1.54) is 44.5 Å². The standard InChI is InChI=1S/C66H48N2/c1-6-16-49(17-7-1)53-26-37-60(38-27-53)67(61-39-28-54(29-40-61)50-18-8-2-9-19-50)62-41-30-56(31-42-62)57-34-45-64(46-35-57)68(63-43-32-55(33-44-63)51-20-10-3-11-21-51)66-47-36-59(52-22-12-4-13-23-52)48-65(66)58-24-14-5-15-25-58/h1-48H. The van der Waals surface area contributed by atoms with E-state index in [-0.39, 0.29) is 0 Å². The predicted molar refractivity (Wildman–Crippen MR) is 288 cm³/mol. The highest BCUT2D eigenvalue weighted by Crippen LogP contribution is 2.44. The summed E-state index contributed by atoms with van der Waals surface area (Å²) in [5.74, 6) is 0. The van der Waals surface area contributed by atoms with E-state index in [4.69, 9.17) is 0 Å². The molecule has 0 heterocycles. The summed E-state index contributed by atoms with van der Waals surface area (Å²) in [6, 6.07) is 105. The van der Waals surface area contributed by atoms with Crippen molar-refractivity contribution in [2.75, 3.05) is 9.80 Å². The van der Waals surface area contributed by atoms with Crippen molar-refractivity contribution in [2.45, 2.75) is 0 Å². The highest BCUT2D eigenvalue weighted by atomic mass is 15.1. The molecule has 11 aromatic rings. The van der Waals surface area contributed by atoms with Crippen molar-refractivity contribution in [1.29, 1.82) is 0 Å². The van der Waals surface area contributed by atoms with E-state index in [9.17, 15) is 0 Å². The molecule has 0 unspecified atom stereocenters. The van der Waals surface area contributed by atoms with Gasteiger partial charge in [0.1, 0.15) is 0 Å². The van der Waals surface area contributed by atoms with Gasteiger partial charge in [-0.3, -0.25) is 0 Å². The molecule has 0 bridgehead atoms. The maximum absolute atomic E-state index is 2.39. The SMILES string of the molecule is c1ccc(-c2ccc(N(c3ccc(-c4ccccc4)cc3)c3ccc(-c4ccc(N(c5ccc(-c6ccccc6)cc5)c5ccc(-c6ccccc6)cc5-c5ccccc5)cc4)cc3)cc2)cc1. The molecule has 0 radical (unpaired) electrons. The van der Waals surface area contributed by atoms with E-state index >= 15 is 0 Å². The Bertz CT molecular complexity index is 3270. The van der Waals surface area contributed by atoms with E-state index in [2.05, 4.69) is 301 Å². The molecule has 2 heteroatoms. The van der Waals surface area contributed by atoms with Crippen LogP contribution >= 0.6 is 0 Å². The topological polar surface area (TPSA) is 6.48 Å². The third-order valence-corrected chi connectivity index (χ3v) is 12.7. The van der Waals surface area contributed by atoms with Crippen molar-refractivity contribution in [1.82, 2.24) is 0 Å². The summed E-state index contributed by atoms with van der Waals surface area (Å²) in [6.07, 6.45) is 0. The van der Waals surface area contributed by atoms with Crippen LogP contribution in [0.3, 0.4) is 0 Å². The summed E-state index contributed by atoms with van der Waals surface area (Å²) >= 11 is 0. The van der Waals surface area contributed by atoms with Gasteiger partial charge in [-0.1, -0.05) is 218 Å². The third-order valence-electron chi connectivity index (χ3n) is 12.7. The summed E-state index contributed by atoms with van der Waals surface area (Å²) in [6.45, 7) is 0. The van der Waals surface area contributed by atoms with Gasteiger partial charge < -0.3 is 9.80 Å². The van der Waals surface area contributed by atoms with Gasteiger partial charge in [0.05, 0.1) is 5.69 Å². The molecule has 0 aliphatic rings. The Balaban J connectivity index is 0.951. The first-order chi connectivity index (χ1) is 33.7. The van der Waals surface area contributed by atoms with Crippen LogP contribution in [0.5, 0.6) is 0 Å². The van der Waals surface area contributed by atoms with Gasteiger partial charge in [0.2, 0.25) is 0 Å². The maximum Gasteiger partial charge on any atom is 0.0540 e. The zero-order valence-electron chi connectivity index (χ0n) is 37.6. The predicted octanol–water partition coefficient (Wildman–Crippen LogP) is 18.6. The normalized spacial score (nSPS) is 10.9. The molecule has 0 aromatic heterocycles. The molecule has 11 aromatic carbocycles. The average Bonchev–Trinajstić information content (AvgIpc) is 3.43. The van der Waals surface area contributed by atoms with Crippen molar-refractivity contribution >= 4 is 34.1 Å². The lowest BCUT2D eigenvalue weighted by Gasteiger charge is -2.29. The molecule has 0 fully saturated rings. The second kappa shape index (κ2) is 19.2. The Labute approximate surface area is 400 Å². The quantitative estimate of drug-likeness (QED) is 0.121. The Morgan fingerprint density at radius 1 is 0.162 bits per heavy atom. The maximum atomic E-state index is 2.39. The van der Waals surface area contributed by atoms with Gasteiger partial charge >= 0.3 is 0 Å². The first-order valence-corrected chi connectivity index (χ1v) is 23.2. The molecule has 2 nitrogen and oxygen atoms in total. The first kappa shape index (κ1) is 41.7. The monoisotopic (exact) mass is 868 g/mol. The lowest BCUT2D eigenvalue weighted by atomic mass is 9.96. The summed E-state index contributed by atoms with van der Waals surface area (Å²) in [4.78, 5) is 4.73. The van der Waals surface area contributed by atoms with E-state index < -0.39 is 0 Å². The van der Waals surface area contributed by atoms with Crippen molar-refractivity contribution in [2.24, 2.45) is 0 Å². The van der Waals surface area contributed by atoms with E-state index in [0.29, 0.717) is 0 Å². The Kier molecular flexibility index (Phi) is 11.8. The minimum atomic E-state index is 1.08. The van der Waals surface area contributed by atoms with Crippen molar-refractivity contribution in [3.05, 3.63) is 291 Å². The van der Waals surface area contributed by atoms with Crippen LogP contribution in [0.25, 0.3) is 66.8 Å². The van der Waals surface area contributed by atoms with Gasteiger partial charge in [-0.05, 0) is 134 Å². The lowest BCUT2D eigenvalue weighted by molar-refractivity contribution is 1.28. The van der Waals surface area contributed by atoms with Crippen LogP contribution in [0.15, 0.2) is 291 Å². The van der Waals surface area contributed by atoms with Gasteiger partial charge in [-0.2, -0.15) is 0 Å². The van der Waals surface area contributed by atoms with Crippen LogP contribution in [-0.2, 0) is 0 Å². The van der Waals surface area contributed by atoms with Gasteiger partial charge in [0.15, 0.2) is 0 Å². The van der Waals surface area contributed by atoms with Crippen LogP contribution in [0.4, 0.5) is 34.1 Å². The second-order valence-electron chi connectivity index (χ2n) is 17.0. The fraction of sp³-hybridized carbons (Fsp3) is 0. The van der Waals surface area contributed by atoms with Crippen LogP contribution in [0.2, 0.25) is 0 Å². The fourth-order valence-electron chi connectivity index (χ4n) is 9.17. The lowest BCUT2D eigenvalue weighted by Crippen LogP contribution is -2.11. The number of hydrogen-bond acceptors (Lipinski definition) is 2. The number of benzene rings is 11. The minimum absolute atomic E-state index is 1.08. The largest absolute Gasteiger partial charge is 0.311 e. The Morgan fingerprint density at radius 2 is 0.382 bits per heavy atom. The zero-order chi connectivity index (χ0) is 45.5. The molecule has 68 heavy (non-hydrogen) atoms. The van der Waals surface area contributed by atoms with Gasteiger partial charge in [-0.15, -0.1) is 0 Å². The molecule has 0 amide bonds. The first-order valence-electron chi connectivity index (χ1n) is 23.2. The van der Waals surface area contributed by atoms with E-state index in [0.717, 1.165) is 56.4 Å². The second-order valence-corrected chi connectivity index (χ2v) is 17.0. The smallest absolute Gasteiger partial charge is 0.0540 e. The average molecular weight is 869 g/mol. The molecule has 0 saturated carbocycles. The van der Waals surface area contributed by atoms with Crippen molar-refractivity contribution < 1.29 is 0 Å². The summed E-state index contributed by atoms with van der Waals surface area (Å²) in [7, 11) is 0. The van der Waals surface area contributed by atoms with Gasteiger partial charge in [-0.25, -0.2) is 0 Å². The third kappa shape index (κ3) is 8.87. The molecule has 0 spiro atoms. The molecular weight excluding hydrogens is 821 g/mol. The fourth-order valence-corrected chi connectivity index (χ4v) is 9.17. The molecule has 0 saturated heterocycles. The molecular formula is C66H48N2. The minimum Gasteiger partial charge on any atom is -0.311 e. The summed E-state index contributed by atoms with van der Waals surface area (Å²) in [5.41, 5.74) is 20.7. The van der Waals surface area contributed by atoms with Crippen molar-refractivity contribution in [3.63, 3.8) is 0 Å². The number of anilines is 6. The van der Waals surface area contributed by atoms with Gasteiger partial charge in [0, 0.05) is 34.0 Å². The Morgan fingerprint density at radius 3 is 0.676 bits per heavy atom. The molecule has 322 valence electrons.